The van der Waals surface area contributed by atoms with Crippen molar-refractivity contribution in [2.75, 3.05) is 25.0 Å². The average Bonchev–Trinajstić information content (AvgIpc) is 2.88. The normalized spacial score (nSPS) is 13.9. The van der Waals surface area contributed by atoms with Crippen LogP contribution in [-0.2, 0) is 0 Å². The predicted molar refractivity (Wildman–Crippen MR) is 122 cm³/mol. The van der Waals surface area contributed by atoms with Crippen LogP contribution in [0.25, 0.3) is 6.08 Å². The zero-order chi connectivity index (χ0) is 19.3. The van der Waals surface area contributed by atoms with Gasteiger partial charge in [-0.2, -0.15) is 0 Å². The number of aliphatic imine (C=N–C) groups is 1. The maximum Gasteiger partial charge on any atom is 0.0668 e. The number of likely N-dealkylation sites (N-methyl/N-ethyl adjacent to an activating group) is 1. The maximum atomic E-state index is 6.01. The van der Waals surface area contributed by atoms with Crippen molar-refractivity contribution in [1.82, 2.24) is 0 Å². The van der Waals surface area contributed by atoms with E-state index >= 15 is 0 Å². The quantitative estimate of drug-likeness (QED) is 0.497. The number of fused-ring (bicyclic) bond motifs is 1. The summed E-state index contributed by atoms with van der Waals surface area (Å²) in [6, 6.07) is 24.9. The lowest BCUT2D eigenvalue weighted by molar-refractivity contribution is 0.897. The second kappa shape index (κ2) is 8.68. The number of allylic oxidation sites excluding steroid dienone is 1. The first-order chi connectivity index (χ1) is 13.7. The molecule has 140 valence electrons. The molecule has 4 rings (SSSR count). The standard InChI is InChI=1S/C24H21ClN2S/c1-27-17-16-26-22(21-7-3-4-8-23(21)27)15-10-18-6-2-5-9-24(18)28-20-13-11-19(25)12-14-20/h2-15H,16-17H2,1H3/b15-10+. The first-order valence-electron chi connectivity index (χ1n) is 9.26. The topological polar surface area (TPSA) is 15.6 Å². The van der Waals surface area contributed by atoms with E-state index in [1.807, 2.05) is 12.1 Å². The summed E-state index contributed by atoms with van der Waals surface area (Å²) in [4.78, 5) is 9.47. The third-order valence-electron chi connectivity index (χ3n) is 4.69. The van der Waals surface area contributed by atoms with Crippen molar-refractivity contribution in [2.24, 2.45) is 4.99 Å². The molecule has 0 aliphatic carbocycles. The molecule has 1 heterocycles. The minimum Gasteiger partial charge on any atom is -0.372 e. The molecule has 2 nitrogen and oxygen atoms in total. The highest BCUT2D eigenvalue weighted by Gasteiger charge is 2.13. The average molecular weight is 405 g/mol. The van der Waals surface area contributed by atoms with Crippen molar-refractivity contribution in [3.63, 3.8) is 0 Å². The van der Waals surface area contributed by atoms with Gasteiger partial charge in [-0.3, -0.25) is 4.99 Å². The van der Waals surface area contributed by atoms with Gasteiger partial charge in [0.15, 0.2) is 0 Å². The number of anilines is 1. The minimum absolute atomic E-state index is 0.757. The molecule has 0 N–H and O–H groups in total. The zero-order valence-corrected chi connectivity index (χ0v) is 17.3. The molecule has 3 aromatic rings. The Labute approximate surface area is 175 Å². The van der Waals surface area contributed by atoms with Crippen LogP contribution in [0, 0.1) is 0 Å². The third-order valence-corrected chi connectivity index (χ3v) is 6.04. The van der Waals surface area contributed by atoms with Gasteiger partial charge in [0.1, 0.15) is 0 Å². The largest absolute Gasteiger partial charge is 0.372 e. The maximum absolute atomic E-state index is 6.01. The molecule has 0 atom stereocenters. The fourth-order valence-electron chi connectivity index (χ4n) is 3.20. The van der Waals surface area contributed by atoms with Crippen LogP contribution < -0.4 is 4.90 Å². The summed E-state index contributed by atoms with van der Waals surface area (Å²) in [6.07, 6.45) is 4.30. The SMILES string of the molecule is CN1CCN=C(/C=C/c2ccccc2Sc2ccc(Cl)cc2)c2ccccc21. The van der Waals surface area contributed by atoms with Gasteiger partial charge in [0.05, 0.1) is 12.3 Å². The van der Waals surface area contributed by atoms with E-state index in [4.69, 9.17) is 16.6 Å². The molecule has 0 saturated carbocycles. The predicted octanol–water partition coefficient (Wildman–Crippen LogP) is 6.44. The summed E-state index contributed by atoms with van der Waals surface area (Å²) >= 11 is 7.75. The van der Waals surface area contributed by atoms with Gasteiger partial charge in [-0.1, -0.05) is 65.8 Å². The Bertz CT molecular complexity index is 1020. The summed E-state index contributed by atoms with van der Waals surface area (Å²) in [5, 5.41) is 0.757. The molecular formula is C24H21ClN2S. The third kappa shape index (κ3) is 4.32. The minimum atomic E-state index is 0.757. The van der Waals surface area contributed by atoms with Crippen molar-refractivity contribution in [1.29, 1.82) is 0 Å². The Morgan fingerprint density at radius 1 is 0.929 bits per heavy atom. The van der Waals surface area contributed by atoms with Gasteiger partial charge in [0.2, 0.25) is 0 Å². The Balaban J connectivity index is 1.63. The highest BCUT2D eigenvalue weighted by Crippen LogP contribution is 2.32. The molecular weight excluding hydrogens is 384 g/mol. The van der Waals surface area contributed by atoms with E-state index in [-0.39, 0.29) is 0 Å². The molecule has 1 aliphatic rings. The van der Waals surface area contributed by atoms with Gasteiger partial charge < -0.3 is 4.90 Å². The van der Waals surface area contributed by atoms with E-state index in [1.54, 1.807) is 11.8 Å². The van der Waals surface area contributed by atoms with Gasteiger partial charge in [-0.15, -0.1) is 0 Å². The number of halogens is 1. The molecule has 0 unspecified atom stereocenters. The molecule has 0 fully saturated rings. The number of hydrogen-bond acceptors (Lipinski definition) is 3. The molecule has 0 amide bonds. The van der Waals surface area contributed by atoms with Gasteiger partial charge in [-0.05, 0) is 48.0 Å². The van der Waals surface area contributed by atoms with Crippen LogP contribution in [0.2, 0.25) is 5.02 Å². The van der Waals surface area contributed by atoms with Crippen LogP contribution in [-0.4, -0.2) is 25.8 Å². The van der Waals surface area contributed by atoms with Crippen molar-refractivity contribution in [2.45, 2.75) is 9.79 Å². The van der Waals surface area contributed by atoms with E-state index in [1.165, 1.54) is 26.6 Å². The van der Waals surface area contributed by atoms with Gasteiger partial charge in [0, 0.05) is 39.7 Å². The molecule has 0 saturated heterocycles. The number of rotatable bonds is 4. The van der Waals surface area contributed by atoms with E-state index in [0.717, 1.165) is 23.8 Å². The molecule has 0 aromatic heterocycles. The molecule has 3 aromatic carbocycles. The summed E-state index contributed by atoms with van der Waals surface area (Å²) in [5.41, 5.74) is 4.63. The Morgan fingerprint density at radius 3 is 2.54 bits per heavy atom. The van der Waals surface area contributed by atoms with Gasteiger partial charge in [0.25, 0.3) is 0 Å². The van der Waals surface area contributed by atoms with E-state index in [2.05, 4.69) is 84.8 Å². The van der Waals surface area contributed by atoms with E-state index in [9.17, 15) is 0 Å². The number of benzene rings is 3. The van der Waals surface area contributed by atoms with Crippen molar-refractivity contribution >= 4 is 40.8 Å². The lowest BCUT2D eigenvalue weighted by Gasteiger charge is -2.18. The number of nitrogens with zero attached hydrogens (tertiary/aromatic N) is 2. The summed E-state index contributed by atoms with van der Waals surface area (Å²) < 4.78 is 0. The van der Waals surface area contributed by atoms with Crippen LogP contribution in [0.15, 0.2) is 93.7 Å². The van der Waals surface area contributed by atoms with Crippen LogP contribution in [0.4, 0.5) is 5.69 Å². The fourth-order valence-corrected chi connectivity index (χ4v) is 4.25. The number of para-hydroxylation sites is 1. The first kappa shape index (κ1) is 18.9. The zero-order valence-electron chi connectivity index (χ0n) is 15.7. The highest BCUT2D eigenvalue weighted by atomic mass is 35.5. The summed E-state index contributed by atoms with van der Waals surface area (Å²) in [6.45, 7) is 1.73. The number of benzodiazepines with no additional fused rings is 1. The monoisotopic (exact) mass is 404 g/mol. The molecule has 0 spiro atoms. The smallest absolute Gasteiger partial charge is 0.0668 e. The molecule has 0 bridgehead atoms. The van der Waals surface area contributed by atoms with E-state index < -0.39 is 0 Å². The van der Waals surface area contributed by atoms with Crippen LogP contribution in [0.3, 0.4) is 0 Å². The molecule has 4 heteroatoms. The van der Waals surface area contributed by atoms with Crippen LogP contribution in [0.1, 0.15) is 11.1 Å². The molecule has 0 radical (unpaired) electrons. The van der Waals surface area contributed by atoms with Crippen molar-refractivity contribution < 1.29 is 0 Å². The highest BCUT2D eigenvalue weighted by molar-refractivity contribution is 7.99. The Hall–Kier alpha value is -2.49. The van der Waals surface area contributed by atoms with Gasteiger partial charge >= 0.3 is 0 Å². The fraction of sp³-hybridized carbons (Fsp3) is 0.125. The Morgan fingerprint density at radius 2 is 1.68 bits per heavy atom. The number of hydrogen-bond donors (Lipinski definition) is 0. The van der Waals surface area contributed by atoms with E-state index in [0.29, 0.717) is 0 Å². The van der Waals surface area contributed by atoms with Gasteiger partial charge in [-0.25, -0.2) is 0 Å². The summed E-state index contributed by atoms with van der Waals surface area (Å²) in [5.74, 6) is 0. The summed E-state index contributed by atoms with van der Waals surface area (Å²) in [7, 11) is 2.12. The lowest BCUT2D eigenvalue weighted by atomic mass is 10.1. The molecule has 1 aliphatic heterocycles. The Kier molecular flexibility index (Phi) is 5.84. The second-order valence-corrected chi connectivity index (χ2v) is 8.18. The first-order valence-corrected chi connectivity index (χ1v) is 10.5. The van der Waals surface area contributed by atoms with Crippen LogP contribution in [0.5, 0.6) is 0 Å². The lowest BCUT2D eigenvalue weighted by Crippen LogP contribution is -2.20. The van der Waals surface area contributed by atoms with Crippen LogP contribution >= 0.6 is 23.4 Å². The van der Waals surface area contributed by atoms with Crippen molar-refractivity contribution in [3.05, 3.63) is 95.0 Å². The van der Waals surface area contributed by atoms with Crippen molar-refractivity contribution in [3.8, 4) is 0 Å². The second-order valence-electron chi connectivity index (χ2n) is 6.63. The molecule has 28 heavy (non-hydrogen) atoms.